The first-order valence-electron chi connectivity index (χ1n) is 6.91. The minimum Gasteiger partial charge on any atom is -0.492 e. The highest BCUT2D eigenvalue weighted by atomic mass is 16.5. The van der Waals surface area contributed by atoms with Crippen molar-refractivity contribution in [1.29, 1.82) is 0 Å². The number of ether oxygens (including phenoxy) is 1. The molecule has 0 spiro atoms. The average Bonchev–Trinajstić information content (AvgIpc) is 2.84. The van der Waals surface area contributed by atoms with Crippen LogP contribution in [0.25, 0.3) is 0 Å². The molecule has 0 radical (unpaired) electrons. The van der Waals surface area contributed by atoms with E-state index in [1.54, 1.807) is 0 Å². The van der Waals surface area contributed by atoms with E-state index >= 15 is 0 Å². The first-order chi connectivity index (χ1) is 8.74. The average molecular weight is 248 g/mol. The number of hydrogen-bond acceptors (Lipinski definition) is 3. The van der Waals surface area contributed by atoms with E-state index in [1.807, 2.05) is 24.3 Å². The standard InChI is InChI=1S/C15H24N2O/c1-17(12-13-4-2-3-5-13)10-11-18-15-8-6-14(16)7-9-15/h6-9,13H,2-5,10-12,16H2,1H3. The zero-order valence-corrected chi connectivity index (χ0v) is 11.3. The van der Waals surface area contributed by atoms with E-state index in [-0.39, 0.29) is 0 Å². The van der Waals surface area contributed by atoms with Crippen LogP contribution < -0.4 is 10.5 Å². The van der Waals surface area contributed by atoms with Crippen LogP contribution in [0.4, 0.5) is 5.69 Å². The van der Waals surface area contributed by atoms with Gasteiger partial charge in [0.05, 0.1) is 0 Å². The lowest BCUT2D eigenvalue weighted by molar-refractivity contribution is 0.215. The number of likely N-dealkylation sites (N-methyl/N-ethyl adjacent to an activating group) is 1. The largest absolute Gasteiger partial charge is 0.492 e. The van der Waals surface area contributed by atoms with E-state index in [1.165, 1.54) is 32.2 Å². The van der Waals surface area contributed by atoms with Crippen LogP contribution in [0.2, 0.25) is 0 Å². The third-order valence-electron chi connectivity index (χ3n) is 3.67. The van der Waals surface area contributed by atoms with Crippen molar-refractivity contribution in [3.05, 3.63) is 24.3 Å². The molecule has 0 saturated heterocycles. The fourth-order valence-corrected chi connectivity index (χ4v) is 2.61. The molecular formula is C15H24N2O. The summed E-state index contributed by atoms with van der Waals surface area (Å²) in [5.74, 6) is 1.81. The normalized spacial score (nSPS) is 16.3. The number of rotatable bonds is 6. The Hall–Kier alpha value is -1.22. The minimum atomic E-state index is 0.743. The molecule has 3 heteroatoms. The van der Waals surface area contributed by atoms with Crippen LogP contribution in [0.1, 0.15) is 25.7 Å². The van der Waals surface area contributed by atoms with Crippen molar-refractivity contribution >= 4 is 5.69 Å². The summed E-state index contributed by atoms with van der Waals surface area (Å²) in [6.07, 6.45) is 5.65. The molecule has 1 aromatic carbocycles. The number of nitrogens with two attached hydrogens (primary N) is 1. The number of benzene rings is 1. The maximum atomic E-state index is 5.70. The van der Waals surface area contributed by atoms with Crippen LogP contribution >= 0.6 is 0 Å². The fraction of sp³-hybridized carbons (Fsp3) is 0.600. The topological polar surface area (TPSA) is 38.5 Å². The van der Waals surface area contributed by atoms with Gasteiger partial charge >= 0.3 is 0 Å². The summed E-state index contributed by atoms with van der Waals surface area (Å²) in [6.45, 7) is 2.94. The van der Waals surface area contributed by atoms with E-state index in [0.717, 1.165) is 30.5 Å². The molecule has 2 rings (SSSR count). The summed E-state index contributed by atoms with van der Waals surface area (Å²) in [5.41, 5.74) is 6.41. The van der Waals surface area contributed by atoms with Gasteiger partial charge in [0.2, 0.25) is 0 Å². The first-order valence-corrected chi connectivity index (χ1v) is 6.91. The second-order valence-corrected chi connectivity index (χ2v) is 5.33. The second-order valence-electron chi connectivity index (χ2n) is 5.33. The molecule has 18 heavy (non-hydrogen) atoms. The van der Waals surface area contributed by atoms with Crippen molar-refractivity contribution in [1.82, 2.24) is 4.90 Å². The van der Waals surface area contributed by atoms with Crippen molar-refractivity contribution in [2.75, 3.05) is 32.5 Å². The smallest absolute Gasteiger partial charge is 0.119 e. The summed E-state index contributed by atoms with van der Waals surface area (Å²) in [5, 5.41) is 0. The summed E-state index contributed by atoms with van der Waals surface area (Å²) in [6, 6.07) is 7.59. The molecule has 1 aromatic rings. The second kappa shape index (κ2) is 6.64. The van der Waals surface area contributed by atoms with Gasteiger partial charge in [-0.1, -0.05) is 12.8 Å². The quantitative estimate of drug-likeness (QED) is 0.787. The maximum absolute atomic E-state index is 5.70. The molecule has 0 unspecified atom stereocenters. The van der Waals surface area contributed by atoms with Gasteiger partial charge in [0.1, 0.15) is 12.4 Å². The van der Waals surface area contributed by atoms with Crippen molar-refractivity contribution in [2.24, 2.45) is 5.92 Å². The summed E-state index contributed by atoms with van der Waals surface area (Å²) in [7, 11) is 2.19. The van der Waals surface area contributed by atoms with Gasteiger partial charge < -0.3 is 15.4 Å². The van der Waals surface area contributed by atoms with Gasteiger partial charge in [-0.25, -0.2) is 0 Å². The number of nitrogens with zero attached hydrogens (tertiary/aromatic N) is 1. The Bertz CT molecular complexity index is 344. The first kappa shape index (κ1) is 13.2. The van der Waals surface area contributed by atoms with Gasteiger partial charge in [-0.15, -0.1) is 0 Å². The summed E-state index contributed by atoms with van der Waals surface area (Å²) >= 11 is 0. The number of hydrogen-bond donors (Lipinski definition) is 1. The molecule has 0 amide bonds. The molecular weight excluding hydrogens is 224 g/mol. The number of nitrogen functional groups attached to an aromatic ring is 1. The highest BCUT2D eigenvalue weighted by molar-refractivity contribution is 5.41. The van der Waals surface area contributed by atoms with E-state index in [9.17, 15) is 0 Å². The van der Waals surface area contributed by atoms with Gasteiger partial charge in [-0.3, -0.25) is 0 Å². The van der Waals surface area contributed by atoms with Gasteiger partial charge in [0.25, 0.3) is 0 Å². The van der Waals surface area contributed by atoms with E-state index in [0.29, 0.717) is 0 Å². The lowest BCUT2D eigenvalue weighted by atomic mass is 10.1. The van der Waals surface area contributed by atoms with Crippen LogP contribution in [0, 0.1) is 5.92 Å². The van der Waals surface area contributed by atoms with Crippen molar-refractivity contribution < 1.29 is 4.74 Å². The predicted octanol–water partition coefficient (Wildman–Crippen LogP) is 2.77. The molecule has 100 valence electrons. The van der Waals surface area contributed by atoms with Gasteiger partial charge in [0.15, 0.2) is 0 Å². The van der Waals surface area contributed by atoms with Crippen LogP contribution in [0.15, 0.2) is 24.3 Å². The lowest BCUT2D eigenvalue weighted by Gasteiger charge is -2.20. The summed E-state index contributed by atoms with van der Waals surface area (Å²) < 4.78 is 5.70. The van der Waals surface area contributed by atoms with Crippen LogP contribution in [-0.4, -0.2) is 31.6 Å². The molecule has 1 saturated carbocycles. The molecule has 0 aliphatic heterocycles. The Morgan fingerprint density at radius 3 is 2.56 bits per heavy atom. The Morgan fingerprint density at radius 2 is 1.89 bits per heavy atom. The Balaban J connectivity index is 1.63. The predicted molar refractivity (Wildman–Crippen MR) is 75.8 cm³/mol. The molecule has 0 heterocycles. The van der Waals surface area contributed by atoms with Crippen LogP contribution in [-0.2, 0) is 0 Å². The lowest BCUT2D eigenvalue weighted by Crippen LogP contribution is -2.28. The number of anilines is 1. The van der Waals surface area contributed by atoms with Crippen molar-refractivity contribution in [3.63, 3.8) is 0 Å². The monoisotopic (exact) mass is 248 g/mol. The van der Waals surface area contributed by atoms with Crippen molar-refractivity contribution in [3.8, 4) is 5.75 Å². The molecule has 1 aliphatic rings. The van der Waals surface area contributed by atoms with E-state index in [4.69, 9.17) is 10.5 Å². The van der Waals surface area contributed by atoms with Gasteiger partial charge in [-0.05, 0) is 50.1 Å². The zero-order valence-electron chi connectivity index (χ0n) is 11.3. The minimum absolute atomic E-state index is 0.743. The van der Waals surface area contributed by atoms with Gasteiger partial charge in [0, 0.05) is 18.8 Å². The Labute approximate surface area is 110 Å². The molecule has 1 aliphatic carbocycles. The maximum Gasteiger partial charge on any atom is 0.119 e. The summed E-state index contributed by atoms with van der Waals surface area (Å²) in [4.78, 5) is 2.38. The van der Waals surface area contributed by atoms with E-state index < -0.39 is 0 Å². The molecule has 0 atom stereocenters. The SMILES string of the molecule is CN(CCOc1ccc(N)cc1)CC1CCCC1. The third kappa shape index (κ3) is 4.22. The Kier molecular flexibility index (Phi) is 4.88. The molecule has 1 fully saturated rings. The fourth-order valence-electron chi connectivity index (χ4n) is 2.61. The molecule has 0 aromatic heterocycles. The molecule has 0 bridgehead atoms. The Morgan fingerprint density at radius 1 is 1.22 bits per heavy atom. The van der Waals surface area contributed by atoms with Crippen LogP contribution in [0.5, 0.6) is 5.75 Å². The molecule has 3 nitrogen and oxygen atoms in total. The van der Waals surface area contributed by atoms with E-state index in [2.05, 4.69) is 11.9 Å². The molecule has 2 N–H and O–H groups in total. The van der Waals surface area contributed by atoms with Gasteiger partial charge in [-0.2, -0.15) is 0 Å². The highest BCUT2D eigenvalue weighted by Crippen LogP contribution is 2.25. The van der Waals surface area contributed by atoms with Crippen molar-refractivity contribution in [2.45, 2.75) is 25.7 Å². The highest BCUT2D eigenvalue weighted by Gasteiger charge is 2.16. The van der Waals surface area contributed by atoms with Crippen LogP contribution in [0.3, 0.4) is 0 Å². The zero-order chi connectivity index (χ0) is 12.8. The third-order valence-corrected chi connectivity index (χ3v) is 3.67.